The first kappa shape index (κ1) is 16.5. The fraction of sp³-hybridized carbons (Fsp3) is 0.722. The standard InChI is InChI=1S/C18H25BO5/c1-11-6-12-14(20)8-18(9-21-10-18)22-15(12)7-13(11)19-23-16(2,3)17(4,5)24-19/h6-7,12,15H,8-10H2,1-5H3. The average Bonchev–Trinajstić information content (AvgIpc) is 2.65. The minimum atomic E-state index is -0.429. The van der Waals surface area contributed by atoms with Crippen LogP contribution < -0.4 is 0 Å². The zero-order valence-electron chi connectivity index (χ0n) is 15.0. The van der Waals surface area contributed by atoms with Crippen molar-refractivity contribution in [3.05, 3.63) is 23.2 Å². The van der Waals surface area contributed by atoms with Gasteiger partial charge in [-0.25, -0.2) is 0 Å². The van der Waals surface area contributed by atoms with E-state index in [-0.39, 0.29) is 29.0 Å². The molecule has 0 radical (unpaired) electrons. The summed E-state index contributed by atoms with van der Waals surface area (Å²) in [4.78, 5) is 12.5. The maximum absolute atomic E-state index is 12.5. The molecule has 2 unspecified atom stereocenters. The number of Topliss-reactive ketones (excluding diaryl/α,β-unsaturated/α-hetero) is 1. The van der Waals surface area contributed by atoms with Crippen molar-refractivity contribution < 1.29 is 23.6 Å². The van der Waals surface area contributed by atoms with Gasteiger partial charge in [0.1, 0.15) is 11.4 Å². The number of allylic oxidation sites excluding steroid dienone is 2. The molecule has 130 valence electrons. The Kier molecular flexibility index (Phi) is 3.47. The van der Waals surface area contributed by atoms with Gasteiger partial charge in [-0.3, -0.25) is 4.79 Å². The van der Waals surface area contributed by atoms with Crippen molar-refractivity contribution in [3.8, 4) is 0 Å². The van der Waals surface area contributed by atoms with Gasteiger partial charge in [-0.15, -0.1) is 0 Å². The quantitative estimate of drug-likeness (QED) is 0.690. The van der Waals surface area contributed by atoms with Gasteiger partial charge < -0.3 is 18.8 Å². The summed E-state index contributed by atoms with van der Waals surface area (Å²) < 4.78 is 23.9. The van der Waals surface area contributed by atoms with Crippen molar-refractivity contribution in [3.63, 3.8) is 0 Å². The molecule has 3 aliphatic heterocycles. The Balaban J connectivity index is 1.62. The van der Waals surface area contributed by atoms with E-state index in [0.717, 1.165) is 11.0 Å². The van der Waals surface area contributed by atoms with Crippen LogP contribution in [0.1, 0.15) is 41.0 Å². The van der Waals surface area contributed by atoms with Gasteiger partial charge in [-0.1, -0.05) is 17.7 Å². The number of hydrogen-bond donors (Lipinski definition) is 0. The molecule has 4 aliphatic rings. The van der Waals surface area contributed by atoms with Crippen LogP contribution in [-0.4, -0.2) is 49.0 Å². The van der Waals surface area contributed by atoms with Gasteiger partial charge in [0.2, 0.25) is 0 Å². The van der Waals surface area contributed by atoms with Crippen molar-refractivity contribution in [1.82, 2.24) is 0 Å². The fourth-order valence-corrected chi connectivity index (χ4v) is 3.76. The zero-order chi connectivity index (χ0) is 17.3. The van der Waals surface area contributed by atoms with Crippen LogP contribution in [0.4, 0.5) is 0 Å². The summed E-state index contributed by atoms with van der Waals surface area (Å²) in [6.45, 7) is 11.2. The van der Waals surface area contributed by atoms with Gasteiger partial charge in [-0.2, -0.15) is 0 Å². The number of hydrogen-bond acceptors (Lipinski definition) is 5. The van der Waals surface area contributed by atoms with E-state index in [1.807, 2.05) is 46.8 Å². The Morgan fingerprint density at radius 3 is 2.25 bits per heavy atom. The van der Waals surface area contributed by atoms with Gasteiger partial charge in [-0.05, 0) is 40.1 Å². The average molecular weight is 332 g/mol. The van der Waals surface area contributed by atoms with Crippen LogP contribution >= 0.6 is 0 Å². The fourth-order valence-electron chi connectivity index (χ4n) is 3.76. The van der Waals surface area contributed by atoms with E-state index in [4.69, 9.17) is 18.8 Å². The highest BCUT2D eigenvalue weighted by Crippen LogP contribution is 2.44. The molecule has 0 aromatic carbocycles. The van der Waals surface area contributed by atoms with E-state index in [1.165, 1.54) is 0 Å². The summed E-state index contributed by atoms with van der Waals surface area (Å²) in [5.74, 6) is 0.0283. The minimum Gasteiger partial charge on any atom is -0.399 e. The molecule has 0 saturated carbocycles. The summed E-state index contributed by atoms with van der Waals surface area (Å²) in [6.07, 6.45) is 4.23. The molecule has 3 saturated heterocycles. The van der Waals surface area contributed by atoms with Crippen LogP contribution in [0.3, 0.4) is 0 Å². The van der Waals surface area contributed by atoms with E-state index < -0.39 is 12.7 Å². The summed E-state index contributed by atoms with van der Waals surface area (Å²) >= 11 is 0. The summed E-state index contributed by atoms with van der Waals surface area (Å²) in [6, 6.07) is 0. The Bertz CT molecular complexity index is 628. The smallest absolute Gasteiger partial charge is 0.399 e. The van der Waals surface area contributed by atoms with Crippen molar-refractivity contribution in [2.24, 2.45) is 5.92 Å². The number of ketones is 1. The van der Waals surface area contributed by atoms with E-state index in [0.29, 0.717) is 19.6 Å². The number of rotatable bonds is 1. The Morgan fingerprint density at radius 1 is 1.08 bits per heavy atom. The molecule has 4 rings (SSSR count). The molecule has 24 heavy (non-hydrogen) atoms. The predicted molar refractivity (Wildman–Crippen MR) is 89.5 cm³/mol. The van der Waals surface area contributed by atoms with Crippen LogP contribution in [0.5, 0.6) is 0 Å². The molecular weight excluding hydrogens is 307 g/mol. The predicted octanol–water partition coefficient (Wildman–Crippen LogP) is 2.25. The zero-order valence-corrected chi connectivity index (χ0v) is 15.0. The number of fused-ring (bicyclic) bond motifs is 1. The molecule has 0 aromatic heterocycles. The minimum absolute atomic E-state index is 0.206. The van der Waals surface area contributed by atoms with Crippen molar-refractivity contribution in [2.45, 2.75) is 63.9 Å². The van der Waals surface area contributed by atoms with Crippen LogP contribution in [0.15, 0.2) is 23.2 Å². The van der Waals surface area contributed by atoms with Gasteiger partial charge in [0, 0.05) is 6.42 Å². The van der Waals surface area contributed by atoms with Crippen molar-refractivity contribution in [1.29, 1.82) is 0 Å². The molecule has 0 aromatic rings. The summed E-state index contributed by atoms with van der Waals surface area (Å²) in [5.41, 5.74) is 0.811. The second-order valence-electron chi connectivity index (χ2n) is 8.49. The molecule has 1 spiro atoms. The van der Waals surface area contributed by atoms with E-state index in [1.54, 1.807) is 0 Å². The molecule has 3 heterocycles. The van der Waals surface area contributed by atoms with E-state index in [2.05, 4.69) is 0 Å². The van der Waals surface area contributed by atoms with Crippen LogP contribution in [0.25, 0.3) is 0 Å². The summed E-state index contributed by atoms with van der Waals surface area (Å²) in [7, 11) is -0.429. The van der Waals surface area contributed by atoms with E-state index in [9.17, 15) is 4.79 Å². The topological polar surface area (TPSA) is 54.0 Å². The third kappa shape index (κ3) is 2.35. The molecule has 0 amide bonds. The monoisotopic (exact) mass is 332 g/mol. The SMILES string of the molecule is CC1=CC2C(=O)CC3(COC3)OC2C=C1B1OC(C)(C)C(C)(C)O1. The second-order valence-corrected chi connectivity index (χ2v) is 8.49. The first-order chi connectivity index (χ1) is 11.1. The molecule has 2 atom stereocenters. The lowest BCUT2D eigenvalue weighted by Crippen LogP contribution is -2.60. The van der Waals surface area contributed by atoms with Gasteiger partial charge in [0.05, 0.1) is 36.4 Å². The van der Waals surface area contributed by atoms with Crippen LogP contribution in [0, 0.1) is 5.92 Å². The number of ether oxygens (including phenoxy) is 2. The van der Waals surface area contributed by atoms with Crippen molar-refractivity contribution in [2.75, 3.05) is 13.2 Å². The van der Waals surface area contributed by atoms with Crippen molar-refractivity contribution >= 4 is 12.9 Å². The lowest BCUT2D eigenvalue weighted by molar-refractivity contribution is -0.242. The molecule has 0 bridgehead atoms. The normalized spacial score (nSPS) is 36.0. The van der Waals surface area contributed by atoms with Gasteiger partial charge in [0.25, 0.3) is 0 Å². The van der Waals surface area contributed by atoms with Gasteiger partial charge >= 0.3 is 7.12 Å². The largest absolute Gasteiger partial charge is 0.494 e. The second kappa shape index (κ2) is 5.04. The molecule has 1 aliphatic carbocycles. The maximum atomic E-state index is 12.5. The van der Waals surface area contributed by atoms with Gasteiger partial charge in [0.15, 0.2) is 0 Å². The first-order valence-corrected chi connectivity index (χ1v) is 8.67. The molecule has 5 nitrogen and oxygen atoms in total. The lowest BCUT2D eigenvalue weighted by atomic mass is 9.67. The summed E-state index contributed by atoms with van der Waals surface area (Å²) in [5, 5.41) is 0. The Hall–Kier alpha value is -0.945. The Morgan fingerprint density at radius 2 is 1.71 bits per heavy atom. The first-order valence-electron chi connectivity index (χ1n) is 8.67. The van der Waals surface area contributed by atoms with Crippen LogP contribution in [-0.2, 0) is 23.6 Å². The van der Waals surface area contributed by atoms with Crippen LogP contribution in [0.2, 0.25) is 0 Å². The maximum Gasteiger partial charge on any atom is 0.494 e. The molecule has 3 fully saturated rings. The molecular formula is C18H25BO5. The lowest BCUT2D eigenvalue weighted by Gasteiger charge is -2.48. The Labute approximate surface area is 143 Å². The molecule has 6 heteroatoms. The highest BCUT2D eigenvalue weighted by molar-refractivity contribution is 6.56. The third-order valence-electron chi connectivity index (χ3n) is 6.07. The molecule has 0 N–H and O–H groups in total. The van der Waals surface area contributed by atoms with E-state index >= 15 is 0 Å². The highest BCUT2D eigenvalue weighted by Gasteiger charge is 2.55. The highest BCUT2D eigenvalue weighted by atomic mass is 16.7. The number of carbonyl (C=O) groups excluding carboxylic acids is 1. The third-order valence-corrected chi connectivity index (χ3v) is 6.07. The number of carbonyl (C=O) groups is 1.